The first-order chi connectivity index (χ1) is 10.9. The summed E-state index contributed by atoms with van der Waals surface area (Å²) in [5.41, 5.74) is 0. The van der Waals surface area contributed by atoms with Crippen LogP contribution >= 0.6 is 0 Å². The highest BCUT2D eigenvalue weighted by atomic mass is 16.5. The molecule has 0 amide bonds. The molecule has 2 heteroatoms. The molecule has 0 bridgehead atoms. The molecule has 0 aromatic carbocycles. The van der Waals surface area contributed by atoms with Gasteiger partial charge in [-0.3, -0.25) is 0 Å². The van der Waals surface area contributed by atoms with E-state index in [1.807, 2.05) is 7.05 Å². The average Bonchev–Trinajstić information content (AvgIpc) is 2.54. The van der Waals surface area contributed by atoms with E-state index >= 15 is 0 Å². The third-order valence-corrected chi connectivity index (χ3v) is 4.39. The van der Waals surface area contributed by atoms with Gasteiger partial charge in [0.15, 0.2) is 0 Å². The maximum atomic E-state index is 5.52. The van der Waals surface area contributed by atoms with Gasteiger partial charge >= 0.3 is 0 Å². The van der Waals surface area contributed by atoms with E-state index in [4.69, 9.17) is 4.74 Å². The van der Waals surface area contributed by atoms with Gasteiger partial charge in [0, 0.05) is 13.2 Å². The molecule has 1 N–H and O–H groups in total. The van der Waals surface area contributed by atoms with Gasteiger partial charge in [0.1, 0.15) is 0 Å². The van der Waals surface area contributed by atoms with Crippen LogP contribution in [0.5, 0.6) is 0 Å². The Morgan fingerprint density at radius 3 is 1.36 bits per heavy atom. The summed E-state index contributed by atoms with van der Waals surface area (Å²) in [7, 11) is 1.97. The van der Waals surface area contributed by atoms with E-state index in [1.54, 1.807) is 0 Å². The van der Waals surface area contributed by atoms with Gasteiger partial charge in [-0.15, -0.1) is 0 Å². The van der Waals surface area contributed by atoms with Gasteiger partial charge in [0.05, 0.1) is 6.61 Å². The van der Waals surface area contributed by atoms with E-state index in [1.165, 1.54) is 96.3 Å². The van der Waals surface area contributed by atoms with E-state index < -0.39 is 0 Å². The van der Waals surface area contributed by atoms with E-state index in [0.29, 0.717) is 0 Å². The summed E-state index contributed by atoms with van der Waals surface area (Å²) < 4.78 is 5.52. The minimum absolute atomic E-state index is 0.856. The molecule has 0 radical (unpaired) electrons. The van der Waals surface area contributed by atoms with Crippen molar-refractivity contribution >= 4 is 0 Å². The topological polar surface area (TPSA) is 21.3 Å². The Morgan fingerprint density at radius 1 is 0.545 bits per heavy atom. The summed E-state index contributed by atoms with van der Waals surface area (Å²) in [4.78, 5) is 0. The lowest BCUT2D eigenvalue weighted by atomic mass is 10.0. The van der Waals surface area contributed by atoms with E-state index in [2.05, 4.69) is 12.2 Å². The molecule has 0 heterocycles. The first-order valence-corrected chi connectivity index (χ1v) is 10.1. The fourth-order valence-electron chi connectivity index (χ4n) is 2.85. The lowest BCUT2D eigenvalue weighted by molar-refractivity contribution is 0.133. The summed E-state index contributed by atoms with van der Waals surface area (Å²) in [6.45, 7) is 5.06. The predicted molar refractivity (Wildman–Crippen MR) is 99.7 cm³/mol. The van der Waals surface area contributed by atoms with Gasteiger partial charge in [-0.2, -0.15) is 0 Å². The molecule has 0 aromatic rings. The summed E-state index contributed by atoms with van der Waals surface area (Å²) in [6, 6.07) is 0. The van der Waals surface area contributed by atoms with Gasteiger partial charge in [0.25, 0.3) is 0 Å². The van der Waals surface area contributed by atoms with Crippen LogP contribution in [-0.4, -0.2) is 26.8 Å². The molecular formula is C20H43NO. The normalized spacial score (nSPS) is 11.2. The molecule has 0 unspecified atom stereocenters. The van der Waals surface area contributed by atoms with Crippen LogP contribution in [0, 0.1) is 0 Å². The predicted octanol–water partition coefficient (Wildman–Crippen LogP) is 6.09. The fraction of sp³-hybridized carbons (Fsp3) is 1.00. The maximum Gasteiger partial charge on any atom is 0.0590 e. The molecule has 0 spiro atoms. The first kappa shape index (κ1) is 21.9. The molecule has 0 saturated carbocycles. The van der Waals surface area contributed by atoms with Gasteiger partial charge in [-0.05, 0) is 13.5 Å². The van der Waals surface area contributed by atoms with Crippen molar-refractivity contribution in [2.24, 2.45) is 0 Å². The molecule has 134 valence electrons. The highest BCUT2D eigenvalue weighted by molar-refractivity contribution is 4.49. The molecular weight excluding hydrogens is 270 g/mol. The van der Waals surface area contributed by atoms with Crippen LogP contribution < -0.4 is 5.32 Å². The van der Waals surface area contributed by atoms with Crippen molar-refractivity contribution in [3.05, 3.63) is 0 Å². The van der Waals surface area contributed by atoms with Gasteiger partial charge in [-0.1, -0.05) is 96.8 Å². The zero-order valence-corrected chi connectivity index (χ0v) is 15.6. The lowest BCUT2D eigenvalue weighted by Gasteiger charge is -2.04. The third kappa shape index (κ3) is 19.9. The molecule has 0 saturated heterocycles. The second-order valence-electron chi connectivity index (χ2n) is 6.67. The van der Waals surface area contributed by atoms with Gasteiger partial charge in [-0.25, -0.2) is 0 Å². The summed E-state index contributed by atoms with van der Waals surface area (Å²) in [5, 5.41) is 3.10. The molecule has 0 fully saturated rings. The number of likely N-dealkylation sites (N-methyl/N-ethyl adjacent to an activating group) is 1. The van der Waals surface area contributed by atoms with Crippen molar-refractivity contribution in [3.8, 4) is 0 Å². The molecule has 0 atom stereocenters. The van der Waals surface area contributed by atoms with Crippen LogP contribution in [0.15, 0.2) is 0 Å². The maximum absolute atomic E-state index is 5.52. The zero-order chi connectivity index (χ0) is 16.1. The van der Waals surface area contributed by atoms with Crippen molar-refractivity contribution in [2.75, 3.05) is 26.8 Å². The number of nitrogens with one attached hydrogen (secondary N) is 1. The lowest BCUT2D eigenvalue weighted by Crippen LogP contribution is -2.14. The van der Waals surface area contributed by atoms with Crippen LogP contribution in [0.25, 0.3) is 0 Å². The second-order valence-corrected chi connectivity index (χ2v) is 6.67. The van der Waals surface area contributed by atoms with E-state index in [9.17, 15) is 0 Å². The minimum Gasteiger partial charge on any atom is -0.380 e. The molecule has 0 aliphatic heterocycles. The highest BCUT2D eigenvalue weighted by Crippen LogP contribution is 2.13. The number of rotatable bonds is 19. The molecule has 22 heavy (non-hydrogen) atoms. The SMILES string of the molecule is CCCCCCCCCCCCCCCCCOCCNC. The Hall–Kier alpha value is -0.0800. The van der Waals surface area contributed by atoms with E-state index in [-0.39, 0.29) is 0 Å². The van der Waals surface area contributed by atoms with Crippen molar-refractivity contribution in [3.63, 3.8) is 0 Å². The Balaban J connectivity index is 2.91. The Kier molecular flexibility index (Phi) is 20.8. The molecule has 0 aromatic heterocycles. The van der Waals surface area contributed by atoms with Crippen LogP contribution in [-0.2, 0) is 4.74 Å². The number of hydrogen-bond acceptors (Lipinski definition) is 2. The summed E-state index contributed by atoms with van der Waals surface area (Å²) >= 11 is 0. The molecule has 0 aliphatic carbocycles. The van der Waals surface area contributed by atoms with Gasteiger partial charge in [0.2, 0.25) is 0 Å². The number of hydrogen-bond donors (Lipinski definition) is 1. The fourth-order valence-corrected chi connectivity index (χ4v) is 2.85. The molecule has 0 aliphatic rings. The Morgan fingerprint density at radius 2 is 0.955 bits per heavy atom. The quantitative estimate of drug-likeness (QED) is 0.291. The van der Waals surface area contributed by atoms with E-state index in [0.717, 1.165) is 19.8 Å². The largest absolute Gasteiger partial charge is 0.380 e. The van der Waals surface area contributed by atoms with Crippen LogP contribution in [0.4, 0.5) is 0 Å². The van der Waals surface area contributed by atoms with Crippen molar-refractivity contribution in [1.29, 1.82) is 0 Å². The zero-order valence-electron chi connectivity index (χ0n) is 15.6. The minimum atomic E-state index is 0.856. The standard InChI is InChI=1S/C20H43NO/c1-3-4-5-6-7-8-9-10-11-12-13-14-15-16-17-19-22-20-18-21-2/h21H,3-20H2,1-2H3. The third-order valence-electron chi connectivity index (χ3n) is 4.39. The molecule has 0 rings (SSSR count). The van der Waals surface area contributed by atoms with Crippen molar-refractivity contribution < 1.29 is 4.74 Å². The monoisotopic (exact) mass is 313 g/mol. The number of ether oxygens (including phenoxy) is 1. The average molecular weight is 314 g/mol. The van der Waals surface area contributed by atoms with Crippen LogP contribution in [0.3, 0.4) is 0 Å². The van der Waals surface area contributed by atoms with Crippen LogP contribution in [0.2, 0.25) is 0 Å². The first-order valence-electron chi connectivity index (χ1n) is 10.1. The van der Waals surface area contributed by atoms with Crippen molar-refractivity contribution in [2.45, 2.75) is 103 Å². The summed E-state index contributed by atoms with van der Waals surface area (Å²) in [6.07, 6.45) is 21.3. The van der Waals surface area contributed by atoms with Gasteiger partial charge < -0.3 is 10.1 Å². The second kappa shape index (κ2) is 20.9. The number of unbranched alkanes of at least 4 members (excludes halogenated alkanes) is 14. The Bertz CT molecular complexity index is 165. The van der Waals surface area contributed by atoms with Crippen molar-refractivity contribution in [1.82, 2.24) is 5.32 Å². The summed E-state index contributed by atoms with van der Waals surface area (Å²) in [5.74, 6) is 0. The van der Waals surface area contributed by atoms with Crippen LogP contribution in [0.1, 0.15) is 103 Å². The molecule has 2 nitrogen and oxygen atoms in total. The smallest absolute Gasteiger partial charge is 0.0590 e. The Labute approximate surface area is 140 Å². The highest BCUT2D eigenvalue weighted by Gasteiger charge is 1.94.